The third-order valence-corrected chi connectivity index (χ3v) is 16.4. The Morgan fingerprint density at radius 3 is 1.32 bits per heavy atom. The van der Waals surface area contributed by atoms with E-state index in [0.717, 1.165) is 73.5 Å². The molecule has 9 nitrogen and oxygen atoms in total. The van der Waals surface area contributed by atoms with Crippen molar-refractivity contribution in [3.05, 3.63) is 327 Å². The molecule has 8 aromatic carbocycles. The zero-order valence-corrected chi connectivity index (χ0v) is 50.5. The van der Waals surface area contributed by atoms with Gasteiger partial charge in [-0.05, 0) is 152 Å². The maximum atomic E-state index is 4.90. The van der Waals surface area contributed by atoms with E-state index in [1.54, 1.807) is 0 Å². The van der Waals surface area contributed by atoms with Gasteiger partial charge in [0.05, 0.1) is 50.5 Å². The number of para-hydroxylation sites is 5. The van der Waals surface area contributed by atoms with Gasteiger partial charge in [-0.25, -0.2) is 14.5 Å². The molecule has 8 heterocycles. The summed E-state index contributed by atoms with van der Waals surface area (Å²) in [6.45, 7) is 8.33. The van der Waals surface area contributed by atoms with Crippen molar-refractivity contribution in [3.63, 3.8) is 0 Å². The lowest BCUT2D eigenvalue weighted by Crippen LogP contribution is -2.26. The third kappa shape index (κ3) is 11.5. The standard InChI is InChI=1S/C31H22N2.C28H21N3.C14H13N2.C8H8N2/c1-21-18-22(32-28-14-6-2-10-24(28)25-11-3-7-15-29(25)32)20-23(19-21)33-30-16-8-4-12-26(30)27-13-5-9-17-31(27)33;1-20-16-27(23-12-14-25(29-18-23)21-8-4-2-5-9-21)31-28(17-20)24-13-15-26(30-19-24)22-10-6-3-7-11-22;1-11-15-13-9-5-6-10-14(13)16(11)12-7-3-2-4-8-12;1-7-6-10-5-3-2-4-8(10)9-7/h2-20H,1H3;2-19H,1H3;2-10,14H,1H3;2-6H,1H3/q;;+1;. The zero-order chi connectivity index (χ0) is 60.9. The molecule has 7 aromatic heterocycles. The number of imidazole rings is 1. The Hall–Kier alpha value is -11.7. The van der Waals surface area contributed by atoms with Gasteiger partial charge in [0.2, 0.25) is 5.71 Å². The molecular weight excluding hydrogens is 1100 g/mol. The molecule has 0 amide bonds. The van der Waals surface area contributed by atoms with Gasteiger partial charge in [0.1, 0.15) is 11.3 Å². The highest BCUT2D eigenvalue weighted by Gasteiger charge is 2.34. The summed E-state index contributed by atoms with van der Waals surface area (Å²) in [7, 11) is 0. The Kier molecular flexibility index (Phi) is 15.6. The quantitative estimate of drug-likeness (QED) is 0.149. The Bertz CT molecular complexity index is 4830. The van der Waals surface area contributed by atoms with E-state index in [-0.39, 0.29) is 6.04 Å². The Labute approximate surface area is 523 Å². The molecule has 1 aliphatic carbocycles. The van der Waals surface area contributed by atoms with Crippen molar-refractivity contribution in [3.8, 4) is 56.4 Å². The minimum atomic E-state index is 0.271. The number of benzene rings is 8. The average molecular weight is 1160 g/mol. The van der Waals surface area contributed by atoms with Crippen molar-refractivity contribution in [2.24, 2.45) is 4.99 Å². The molecule has 1 atom stereocenters. The lowest BCUT2D eigenvalue weighted by atomic mass is 10.1. The molecule has 2 aliphatic rings. The molecular formula is C81H64N9+. The van der Waals surface area contributed by atoms with Crippen LogP contribution in [0.2, 0.25) is 0 Å². The van der Waals surface area contributed by atoms with Crippen molar-refractivity contribution < 1.29 is 4.58 Å². The summed E-state index contributed by atoms with van der Waals surface area (Å²) in [6.07, 6.45) is 16.2. The number of hydrogen-bond donors (Lipinski definition) is 0. The van der Waals surface area contributed by atoms with Crippen LogP contribution in [0.4, 0.5) is 5.69 Å². The maximum absolute atomic E-state index is 4.90. The Morgan fingerprint density at radius 2 is 0.844 bits per heavy atom. The molecule has 0 N–H and O–H groups in total. The summed E-state index contributed by atoms with van der Waals surface area (Å²) in [5.41, 5.74) is 22.0. The number of fused-ring (bicyclic) bond motifs is 8. The molecule has 9 heteroatoms. The molecule has 0 radical (unpaired) electrons. The summed E-state index contributed by atoms with van der Waals surface area (Å²) >= 11 is 0. The first-order chi connectivity index (χ1) is 44.3. The molecule has 432 valence electrons. The lowest BCUT2D eigenvalue weighted by molar-refractivity contribution is -0.448. The number of allylic oxidation sites excluding steroid dienone is 2. The van der Waals surface area contributed by atoms with Gasteiger partial charge in [0.15, 0.2) is 6.04 Å². The molecule has 1 aliphatic heterocycles. The number of pyridine rings is 4. The van der Waals surface area contributed by atoms with E-state index in [4.69, 9.17) is 4.98 Å². The summed E-state index contributed by atoms with van der Waals surface area (Å²) < 4.78 is 9.06. The van der Waals surface area contributed by atoms with E-state index >= 15 is 0 Å². The molecule has 0 fully saturated rings. The number of hydrogen-bond acceptors (Lipinski definition) is 5. The highest BCUT2D eigenvalue weighted by atomic mass is 15.2. The summed E-state index contributed by atoms with van der Waals surface area (Å²) in [5, 5.41) is 5.14. The number of aromatic nitrogens is 7. The number of aryl methyl sites for hydroxylation is 3. The van der Waals surface area contributed by atoms with Crippen LogP contribution < -0.4 is 0 Å². The smallest absolute Gasteiger partial charge is 0.297 e. The number of rotatable bonds is 7. The predicted octanol–water partition coefficient (Wildman–Crippen LogP) is 19.4. The minimum absolute atomic E-state index is 0.271. The van der Waals surface area contributed by atoms with Gasteiger partial charge in [-0.2, -0.15) is 0 Å². The van der Waals surface area contributed by atoms with E-state index in [1.807, 2.05) is 115 Å². The second-order valence-corrected chi connectivity index (χ2v) is 22.6. The fourth-order valence-corrected chi connectivity index (χ4v) is 12.3. The lowest BCUT2D eigenvalue weighted by Gasteiger charge is -2.14. The number of amidine groups is 1. The molecule has 15 aromatic rings. The second-order valence-electron chi connectivity index (χ2n) is 22.6. The van der Waals surface area contributed by atoms with Gasteiger partial charge in [0, 0.05) is 86.9 Å². The van der Waals surface area contributed by atoms with Crippen LogP contribution in [0.3, 0.4) is 0 Å². The van der Waals surface area contributed by atoms with E-state index in [9.17, 15) is 0 Å². The molecule has 90 heavy (non-hydrogen) atoms. The highest BCUT2D eigenvalue weighted by Crippen LogP contribution is 2.37. The molecule has 0 spiro atoms. The summed E-state index contributed by atoms with van der Waals surface area (Å²) in [5.74, 6) is 1.06. The largest absolute Gasteiger partial charge is 0.309 e. The fourth-order valence-electron chi connectivity index (χ4n) is 12.3. The normalized spacial score (nSPS) is 13.2. The van der Waals surface area contributed by atoms with E-state index in [1.165, 1.54) is 66.2 Å². The van der Waals surface area contributed by atoms with E-state index < -0.39 is 0 Å². The van der Waals surface area contributed by atoms with Gasteiger partial charge in [0.25, 0.3) is 5.84 Å². The van der Waals surface area contributed by atoms with Crippen LogP contribution in [0.1, 0.15) is 23.7 Å². The third-order valence-electron chi connectivity index (χ3n) is 16.4. The van der Waals surface area contributed by atoms with Gasteiger partial charge in [-0.3, -0.25) is 9.97 Å². The van der Waals surface area contributed by atoms with Gasteiger partial charge in [-0.1, -0.05) is 170 Å². The predicted molar refractivity (Wildman–Crippen MR) is 373 cm³/mol. The van der Waals surface area contributed by atoms with Gasteiger partial charge >= 0.3 is 0 Å². The summed E-state index contributed by atoms with van der Waals surface area (Å²) in [4.78, 5) is 23.1. The molecule has 0 saturated heterocycles. The second kappa shape index (κ2) is 25.0. The maximum Gasteiger partial charge on any atom is 0.297 e. The van der Waals surface area contributed by atoms with E-state index in [2.05, 4.69) is 261 Å². The van der Waals surface area contributed by atoms with E-state index in [0.29, 0.717) is 0 Å². The van der Waals surface area contributed by atoms with Crippen LogP contribution in [0.15, 0.2) is 315 Å². The van der Waals surface area contributed by atoms with Crippen LogP contribution in [-0.4, -0.2) is 55.6 Å². The van der Waals surface area contributed by atoms with Crippen LogP contribution in [0, 0.1) is 20.8 Å². The van der Waals surface area contributed by atoms with Crippen molar-refractivity contribution in [1.29, 1.82) is 0 Å². The fraction of sp³-hybridized carbons (Fsp3) is 0.0617. The van der Waals surface area contributed by atoms with Crippen molar-refractivity contribution in [2.75, 3.05) is 0 Å². The number of nitrogens with zero attached hydrogens (tertiary/aromatic N) is 9. The topological polar surface area (TPSA) is 81.2 Å². The van der Waals surface area contributed by atoms with Gasteiger partial charge in [-0.15, -0.1) is 0 Å². The number of aliphatic imine (C=N–C) groups is 1. The van der Waals surface area contributed by atoms with Crippen molar-refractivity contribution >= 4 is 66.5 Å². The molecule has 0 bridgehead atoms. The van der Waals surface area contributed by atoms with Crippen LogP contribution in [0.5, 0.6) is 0 Å². The Balaban J connectivity index is 0.000000114. The molecule has 0 saturated carbocycles. The molecule has 17 rings (SSSR count). The average Bonchev–Trinajstić information content (AvgIpc) is 2.26. The van der Waals surface area contributed by atoms with Crippen molar-refractivity contribution in [2.45, 2.75) is 33.7 Å². The first-order valence-corrected chi connectivity index (χ1v) is 30.4. The SMILES string of the molecule is CC1=[N+](c2ccccc2)C2C=CC=CC2=N1.Cc1cc(-c2ccc(-c3ccccc3)nc2)nc(-c2ccc(-c3ccccc3)nc2)c1.Cc1cc(-n2c3ccccc3c3ccccc32)cc(-n2c3ccccc3c3ccccc32)c1.Cc1cn2ccccc2n1. The zero-order valence-electron chi connectivity index (χ0n) is 50.5. The van der Waals surface area contributed by atoms with Crippen molar-refractivity contribution in [1.82, 2.24) is 33.5 Å². The monoisotopic (exact) mass is 1160 g/mol. The highest BCUT2D eigenvalue weighted by molar-refractivity contribution is 6.11. The first-order valence-electron chi connectivity index (χ1n) is 30.4. The molecule has 1 unspecified atom stereocenters. The van der Waals surface area contributed by atoms with Crippen LogP contribution in [-0.2, 0) is 0 Å². The minimum Gasteiger partial charge on any atom is -0.309 e. The first kappa shape index (κ1) is 56.1. The Morgan fingerprint density at radius 1 is 0.389 bits per heavy atom. The van der Waals surface area contributed by atoms with Crippen LogP contribution >= 0.6 is 0 Å². The van der Waals surface area contributed by atoms with Crippen LogP contribution in [0.25, 0.3) is 106 Å². The van der Waals surface area contributed by atoms with Gasteiger partial charge < -0.3 is 13.5 Å². The summed E-state index contributed by atoms with van der Waals surface area (Å²) in [6, 6.07) is 91.1.